The molecule has 4 heterocycles. The van der Waals surface area contributed by atoms with Crippen LogP contribution in [0.4, 0.5) is 13.2 Å². The third-order valence-corrected chi connectivity index (χ3v) is 5.44. The van der Waals surface area contributed by atoms with Crippen molar-refractivity contribution in [2.24, 2.45) is 15.9 Å². The summed E-state index contributed by atoms with van der Waals surface area (Å²) in [5, 5.41) is 20.7. The third kappa shape index (κ3) is 4.55. The molecule has 0 spiro atoms. The highest BCUT2D eigenvalue weighted by Gasteiger charge is 2.31. The molecule has 3 aromatic heterocycles. The zero-order chi connectivity index (χ0) is 24.5. The first-order valence-corrected chi connectivity index (χ1v) is 10.3. The van der Waals surface area contributed by atoms with Crippen molar-refractivity contribution in [2.75, 3.05) is 13.1 Å². The van der Waals surface area contributed by atoms with Crippen molar-refractivity contribution in [2.45, 2.75) is 32.2 Å². The molecule has 1 fully saturated rings. The number of nitrogens with zero attached hydrogens (tertiary/aromatic N) is 6. The molecule has 4 rings (SSSR count). The lowest BCUT2D eigenvalue weighted by atomic mass is 10.1. The number of nitrogens with two attached hydrogens (primary N) is 1. The normalized spacial score (nSPS) is 16.2. The van der Waals surface area contributed by atoms with E-state index in [1.165, 1.54) is 16.9 Å². The van der Waals surface area contributed by atoms with Crippen molar-refractivity contribution in [3.8, 4) is 11.8 Å². The summed E-state index contributed by atoms with van der Waals surface area (Å²) in [6, 6.07) is 4.78. The topological polar surface area (TPSA) is 126 Å². The number of ether oxygens (including phenoxy) is 1. The van der Waals surface area contributed by atoms with Gasteiger partial charge in [0.25, 0.3) is 0 Å². The second kappa shape index (κ2) is 9.11. The van der Waals surface area contributed by atoms with Crippen molar-refractivity contribution in [1.82, 2.24) is 19.9 Å². The van der Waals surface area contributed by atoms with Crippen LogP contribution in [0.3, 0.4) is 0 Å². The van der Waals surface area contributed by atoms with E-state index in [9.17, 15) is 18.4 Å². The Kier molecular flexibility index (Phi) is 6.21. The molecule has 0 aliphatic carbocycles. The van der Waals surface area contributed by atoms with Crippen LogP contribution in [0.1, 0.15) is 42.2 Å². The zero-order valence-corrected chi connectivity index (χ0v) is 18.3. The number of aromatic nitrogens is 3. The lowest BCUT2D eigenvalue weighted by Crippen LogP contribution is -2.46. The van der Waals surface area contributed by atoms with Gasteiger partial charge in [-0.25, -0.2) is 4.52 Å². The Labute approximate surface area is 192 Å². The number of halogens is 3. The van der Waals surface area contributed by atoms with Gasteiger partial charge in [-0.1, -0.05) is 0 Å². The maximum Gasteiger partial charge on any atom is 0.417 e. The standard InChI is InChI=1S/C22H21F3N8O/c1-12(31-18-9-29-10-18)20(32-27)15-4-19(21-16(5-26)7-30-33(21)11-15)34-13(2)14-3-17(8-28-6-14)22(23,24)25/h3-4,6-8,11,13,18,29H,9-10,27H2,1-2H3/b31-12?,32-20+. The van der Waals surface area contributed by atoms with Crippen LogP contribution in [0.25, 0.3) is 5.52 Å². The van der Waals surface area contributed by atoms with Gasteiger partial charge >= 0.3 is 6.18 Å². The highest BCUT2D eigenvalue weighted by molar-refractivity contribution is 6.47. The number of pyridine rings is 2. The van der Waals surface area contributed by atoms with Crippen molar-refractivity contribution in [3.05, 3.63) is 59.2 Å². The number of fused-ring (bicyclic) bond motifs is 1. The highest BCUT2D eigenvalue weighted by atomic mass is 19.4. The first-order valence-electron chi connectivity index (χ1n) is 10.3. The van der Waals surface area contributed by atoms with Gasteiger partial charge in [-0.2, -0.15) is 28.6 Å². The summed E-state index contributed by atoms with van der Waals surface area (Å²) in [6.07, 6.45) is -0.271. The number of hydrogen-bond acceptors (Lipinski definition) is 8. The third-order valence-electron chi connectivity index (χ3n) is 5.44. The maximum atomic E-state index is 13.1. The molecule has 1 atom stereocenters. The minimum Gasteiger partial charge on any atom is -0.484 e. The van der Waals surface area contributed by atoms with Gasteiger partial charge in [0.15, 0.2) is 0 Å². The molecule has 0 aromatic carbocycles. The molecule has 1 aliphatic heterocycles. The average molecular weight is 470 g/mol. The first-order chi connectivity index (χ1) is 16.2. The van der Waals surface area contributed by atoms with E-state index < -0.39 is 17.8 Å². The van der Waals surface area contributed by atoms with Crippen LogP contribution in [0.2, 0.25) is 0 Å². The van der Waals surface area contributed by atoms with E-state index in [4.69, 9.17) is 10.6 Å². The predicted octanol–water partition coefficient (Wildman–Crippen LogP) is 2.86. The van der Waals surface area contributed by atoms with E-state index in [0.29, 0.717) is 22.5 Å². The highest BCUT2D eigenvalue weighted by Crippen LogP contribution is 2.33. The van der Waals surface area contributed by atoms with Crippen LogP contribution >= 0.6 is 0 Å². The van der Waals surface area contributed by atoms with E-state index >= 15 is 0 Å². The summed E-state index contributed by atoms with van der Waals surface area (Å²) in [6.45, 7) is 4.90. The van der Waals surface area contributed by atoms with Crippen LogP contribution in [0.5, 0.6) is 5.75 Å². The first kappa shape index (κ1) is 23.2. The van der Waals surface area contributed by atoms with E-state index in [2.05, 4.69) is 25.5 Å². The number of rotatable bonds is 6. The molecular formula is C22H21F3N8O. The summed E-state index contributed by atoms with van der Waals surface area (Å²) >= 11 is 0. The fourth-order valence-electron chi connectivity index (χ4n) is 3.56. The van der Waals surface area contributed by atoms with Crippen LogP contribution in [0, 0.1) is 11.3 Å². The molecule has 1 unspecified atom stereocenters. The van der Waals surface area contributed by atoms with Gasteiger partial charge in [0.2, 0.25) is 0 Å². The van der Waals surface area contributed by atoms with E-state index in [0.717, 1.165) is 25.4 Å². The zero-order valence-electron chi connectivity index (χ0n) is 18.3. The Balaban J connectivity index is 1.75. The monoisotopic (exact) mass is 470 g/mol. The number of alkyl halides is 3. The average Bonchev–Trinajstić information content (AvgIpc) is 3.20. The summed E-state index contributed by atoms with van der Waals surface area (Å²) in [5.74, 6) is 5.90. The number of hydrogen-bond donors (Lipinski definition) is 2. The quantitative estimate of drug-likeness (QED) is 0.324. The Bertz CT molecular complexity index is 1320. The molecule has 1 saturated heterocycles. The van der Waals surface area contributed by atoms with E-state index in [-0.39, 0.29) is 22.9 Å². The van der Waals surface area contributed by atoms with Gasteiger partial charge in [0.05, 0.1) is 23.5 Å². The Hall–Kier alpha value is -3.98. The Morgan fingerprint density at radius 1 is 1.32 bits per heavy atom. The van der Waals surface area contributed by atoms with Gasteiger partial charge in [-0.15, -0.1) is 0 Å². The molecule has 0 amide bonds. The van der Waals surface area contributed by atoms with Crippen LogP contribution < -0.4 is 15.9 Å². The molecule has 176 valence electrons. The molecule has 3 aromatic rings. The Morgan fingerprint density at radius 3 is 2.71 bits per heavy atom. The molecule has 34 heavy (non-hydrogen) atoms. The predicted molar refractivity (Wildman–Crippen MR) is 119 cm³/mol. The van der Waals surface area contributed by atoms with Gasteiger partial charge in [-0.3, -0.25) is 9.98 Å². The summed E-state index contributed by atoms with van der Waals surface area (Å²) in [7, 11) is 0. The molecular weight excluding hydrogens is 449 g/mol. The Morgan fingerprint density at radius 2 is 2.09 bits per heavy atom. The second-order valence-electron chi connectivity index (χ2n) is 7.83. The summed E-state index contributed by atoms with van der Waals surface area (Å²) in [5.41, 5.74) is 1.50. The molecule has 1 aliphatic rings. The molecule has 12 heteroatoms. The fraction of sp³-hybridized carbons (Fsp3) is 0.318. The number of nitriles is 1. The lowest BCUT2D eigenvalue weighted by Gasteiger charge is -2.24. The SMILES string of the molecule is CC(=NC1CNC1)/C(=N\N)c1cc(OC(C)c2cncc(C(F)(F)F)c2)c2c(C#N)cnn2c1. The molecule has 3 N–H and O–H groups in total. The summed E-state index contributed by atoms with van der Waals surface area (Å²) in [4.78, 5) is 8.30. The number of hydrazone groups is 1. The summed E-state index contributed by atoms with van der Waals surface area (Å²) < 4.78 is 46.9. The minimum atomic E-state index is -4.53. The van der Waals surface area contributed by atoms with Crippen LogP contribution in [-0.2, 0) is 6.18 Å². The molecule has 0 radical (unpaired) electrons. The van der Waals surface area contributed by atoms with Gasteiger partial charge < -0.3 is 15.9 Å². The fourth-order valence-corrected chi connectivity index (χ4v) is 3.56. The number of aliphatic imine (C=N–C) groups is 1. The van der Waals surface area contributed by atoms with Crippen molar-refractivity contribution >= 4 is 16.9 Å². The van der Waals surface area contributed by atoms with Crippen molar-refractivity contribution in [1.29, 1.82) is 5.26 Å². The van der Waals surface area contributed by atoms with E-state index in [1.54, 1.807) is 26.1 Å². The van der Waals surface area contributed by atoms with Crippen molar-refractivity contribution < 1.29 is 17.9 Å². The van der Waals surface area contributed by atoms with Gasteiger partial charge in [0.1, 0.15) is 34.7 Å². The number of nitrogens with one attached hydrogen (secondary N) is 1. The molecule has 0 bridgehead atoms. The maximum absolute atomic E-state index is 13.1. The molecule has 9 nitrogen and oxygen atoms in total. The van der Waals surface area contributed by atoms with Gasteiger partial charge in [0, 0.05) is 42.8 Å². The van der Waals surface area contributed by atoms with Crippen molar-refractivity contribution in [3.63, 3.8) is 0 Å². The smallest absolute Gasteiger partial charge is 0.417 e. The molecule has 0 saturated carbocycles. The van der Waals surface area contributed by atoms with Crippen LogP contribution in [0.15, 0.2) is 47.0 Å². The largest absolute Gasteiger partial charge is 0.484 e. The second-order valence-corrected chi connectivity index (χ2v) is 7.83. The minimum absolute atomic E-state index is 0.125. The van der Waals surface area contributed by atoms with E-state index in [1.807, 2.05) is 6.07 Å². The van der Waals surface area contributed by atoms with Gasteiger partial charge in [-0.05, 0) is 26.0 Å². The lowest BCUT2D eigenvalue weighted by molar-refractivity contribution is -0.137. The van der Waals surface area contributed by atoms with Crippen LogP contribution in [-0.4, -0.2) is 45.2 Å².